The van der Waals surface area contributed by atoms with Crippen LogP contribution in [0.15, 0.2) is 35.2 Å². The van der Waals surface area contributed by atoms with Gasteiger partial charge in [-0.25, -0.2) is 4.98 Å². The molecule has 6 nitrogen and oxygen atoms in total. The molecule has 0 atom stereocenters. The number of hydrogen-bond donors (Lipinski definition) is 1. The highest BCUT2D eigenvalue weighted by Crippen LogP contribution is 2.27. The first kappa shape index (κ1) is 17.6. The molecule has 26 heavy (non-hydrogen) atoms. The lowest BCUT2D eigenvalue weighted by molar-refractivity contribution is 0.700. The number of nitrogens with zero attached hydrogens (tertiary/aromatic N) is 5. The van der Waals surface area contributed by atoms with E-state index in [0.717, 1.165) is 53.4 Å². The normalized spacial score (nSPS) is 14.8. The lowest BCUT2D eigenvalue weighted by Gasteiger charge is -2.30. The third kappa shape index (κ3) is 3.42. The number of pyridine rings is 2. The van der Waals surface area contributed by atoms with Crippen LogP contribution in [-0.2, 0) is 13.0 Å². The molecule has 132 valence electrons. The highest BCUT2D eigenvalue weighted by atomic mass is 15.2. The molecule has 0 saturated carbocycles. The molecule has 2 N–H and O–H groups in total. The lowest BCUT2D eigenvalue weighted by Crippen LogP contribution is -2.32. The second kappa shape index (κ2) is 7.36. The van der Waals surface area contributed by atoms with Gasteiger partial charge in [0.25, 0.3) is 0 Å². The van der Waals surface area contributed by atoms with Gasteiger partial charge in [-0.3, -0.25) is 9.98 Å². The molecule has 0 aliphatic carbocycles. The molecule has 6 heteroatoms. The third-order valence-electron chi connectivity index (χ3n) is 4.51. The van der Waals surface area contributed by atoms with E-state index in [0.29, 0.717) is 5.56 Å². The van der Waals surface area contributed by atoms with Crippen LogP contribution in [0.2, 0.25) is 0 Å². The maximum atomic E-state index is 9.03. The maximum Gasteiger partial charge on any atom is 0.131 e. The quantitative estimate of drug-likeness (QED) is 0.863. The molecule has 0 fully saturated rings. The summed E-state index contributed by atoms with van der Waals surface area (Å²) in [5, 5.41) is 9.03. The average Bonchev–Trinajstić information content (AvgIpc) is 2.64. The summed E-state index contributed by atoms with van der Waals surface area (Å²) in [6.07, 6.45) is 6.13. The van der Waals surface area contributed by atoms with Crippen LogP contribution in [0.1, 0.15) is 34.9 Å². The number of anilines is 1. The fraction of sp³-hybridized carbons (Fsp3) is 0.300. The Balaban J connectivity index is 1.94. The first-order chi connectivity index (χ1) is 12.5. The number of nitriles is 1. The SMILES string of the molecule is CN=C/C(=C(/C)N)c1cnc2c(c1)CN(c1ncc(C#N)cc1C)CC2. The number of fused-ring (bicyclic) bond motifs is 1. The summed E-state index contributed by atoms with van der Waals surface area (Å²) in [7, 11) is 1.73. The number of aliphatic imine (C=N–C) groups is 1. The van der Waals surface area contributed by atoms with E-state index >= 15 is 0 Å². The van der Waals surface area contributed by atoms with E-state index in [2.05, 4.69) is 32.0 Å². The number of rotatable bonds is 3. The second-order valence-corrected chi connectivity index (χ2v) is 6.46. The van der Waals surface area contributed by atoms with Gasteiger partial charge in [-0.15, -0.1) is 0 Å². The van der Waals surface area contributed by atoms with Crippen molar-refractivity contribution < 1.29 is 0 Å². The van der Waals surface area contributed by atoms with Crippen LogP contribution in [0, 0.1) is 18.3 Å². The molecule has 0 bridgehead atoms. The second-order valence-electron chi connectivity index (χ2n) is 6.46. The van der Waals surface area contributed by atoms with Crippen LogP contribution in [-0.4, -0.2) is 29.8 Å². The summed E-state index contributed by atoms with van der Waals surface area (Å²) in [6.45, 7) is 5.45. The first-order valence-electron chi connectivity index (χ1n) is 8.52. The van der Waals surface area contributed by atoms with Gasteiger partial charge in [0, 0.05) is 67.7 Å². The molecule has 0 radical (unpaired) electrons. The Hall–Kier alpha value is -3.20. The van der Waals surface area contributed by atoms with Crippen LogP contribution in [0.3, 0.4) is 0 Å². The molecule has 1 aliphatic heterocycles. The zero-order chi connectivity index (χ0) is 18.7. The zero-order valence-corrected chi connectivity index (χ0v) is 15.3. The number of hydrogen-bond acceptors (Lipinski definition) is 6. The predicted molar refractivity (Wildman–Crippen MR) is 104 cm³/mol. The van der Waals surface area contributed by atoms with Crippen molar-refractivity contribution in [1.82, 2.24) is 9.97 Å². The van der Waals surface area contributed by atoms with E-state index in [9.17, 15) is 0 Å². The van der Waals surface area contributed by atoms with E-state index in [1.807, 2.05) is 26.1 Å². The van der Waals surface area contributed by atoms with Gasteiger partial charge in [-0.05, 0) is 37.1 Å². The number of allylic oxidation sites excluding steroid dienone is 2. The molecule has 0 saturated heterocycles. The predicted octanol–water partition coefficient (Wildman–Crippen LogP) is 2.61. The van der Waals surface area contributed by atoms with Crippen molar-refractivity contribution in [2.24, 2.45) is 10.7 Å². The summed E-state index contributed by atoms with van der Waals surface area (Å²) in [5.41, 5.74) is 12.5. The van der Waals surface area contributed by atoms with Crippen LogP contribution in [0.25, 0.3) is 5.57 Å². The highest BCUT2D eigenvalue weighted by Gasteiger charge is 2.21. The van der Waals surface area contributed by atoms with Crippen molar-refractivity contribution in [2.45, 2.75) is 26.8 Å². The fourth-order valence-electron chi connectivity index (χ4n) is 3.25. The van der Waals surface area contributed by atoms with Gasteiger partial charge in [0.05, 0.1) is 5.56 Å². The van der Waals surface area contributed by atoms with E-state index in [-0.39, 0.29) is 0 Å². The monoisotopic (exact) mass is 346 g/mol. The Morgan fingerprint density at radius 3 is 2.81 bits per heavy atom. The van der Waals surface area contributed by atoms with E-state index in [4.69, 9.17) is 11.0 Å². The smallest absolute Gasteiger partial charge is 0.131 e. The van der Waals surface area contributed by atoms with E-state index in [1.54, 1.807) is 19.5 Å². The van der Waals surface area contributed by atoms with E-state index < -0.39 is 0 Å². The van der Waals surface area contributed by atoms with Crippen LogP contribution >= 0.6 is 0 Å². The molecule has 3 rings (SSSR count). The molecular weight excluding hydrogens is 324 g/mol. The minimum absolute atomic E-state index is 0.583. The third-order valence-corrected chi connectivity index (χ3v) is 4.51. The summed E-state index contributed by atoms with van der Waals surface area (Å²) >= 11 is 0. The number of aromatic nitrogens is 2. The van der Waals surface area contributed by atoms with Crippen LogP contribution < -0.4 is 10.6 Å². The first-order valence-corrected chi connectivity index (χ1v) is 8.52. The fourth-order valence-corrected chi connectivity index (χ4v) is 3.25. The standard InChI is InChI=1S/C20H22N6/c1-13-6-15(8-21)9-25-20(13)26-5-4-19-17(12-26)7-16(10-24-19)18(11-23-3)14(2)22/h6-7,9-11H,4-5,12,22H2,1-3H3/b18-14+,23-11?. The van der Waals surface area contributed by atoms with Gasteiger partial charge in [0.15, 0.2) is 0 Å². The molecule has 3 heterocycles. The van der Waals surface area contributed by atoms with Gasteiger partial charge >= 0.3 is 0 Å². The zero-order valence-electron chi connectivity index (χ0n) is 15.3. The van der Waals surface area contributed by atoms with Crippen LogP contribution in [0.5, 0.6) is 0 Å². The van der Waals surface area contributed by atoms with Crippen molar-refractivity contribution in [2.75, 3.05) is 18.5 Å². The summed E-state index contributed by atoms with van der Waals surface area (Å²) in [4.78, 5) is 15.5. The van der Waals surface area contributed by atoms with Crippen molar-refractivity contribution in [1.29, 1.82) is 5.26 Å². The Morgan fingerprint density at radius 2 is 2.15 bits per heavy atom. The summed E-state index contributed by atoms with van der Waals surface area (Å²) < 4.78 is 0. The summed E-state index contributed by atoms with van der Waals surface area (Å²) in [6, 6.07) is 6.15. The number of aryl methyl sites for hydroxylation is 1. The Morgan fingerprint density at radius 1 is 1.35 bits per heavy atom. The van der Waals surface area contributed by atoms with Gasteiger partial charge < -0.3 is 10.6 Å². The largest absolute Gasteiger partial charge is 0.402 e. The lowest BCUT2D eigenvalue weighted by atomic mass is 9.99. The molecule has 2 aromatic heterocycles. The van der Waals surface area contributed by atoms with Crippen molar-refractivity contribution in [3.8, 4) is 6.07 Å². The highest BCUT2D eigenvalue weighted by molar-refractivity contribution is 6.10. The van der Waals surface area contributed by atoms with Gasteiger partial charge in [0.1, 0.15) is 11.9 Å². The Bertz CT molecular complexity index is 932. The minimum atomic E-state index is 0.583. The molecule has 1 aliphatic rings. The Labute approximate surface area is 153 Å². The molecule has 2 aromatic rings. The molecule has 0 spiro atoms. The van der Waals surface area contributed by atoms with Crippen molar-refractivity contribution in [3.05, 3.63) is 58.2 Å². The minimum Gasteiger partial charge on any atom is -0.402 e. The molecule has 0 unspecified atom stereocenters. The molecule has 0 amide bonds. The van der Waals surface area contributed by atoms with E-state index in [1.165, 1.54) is 5.56 Å². The Kier molecular flexibility index (Phi) is 4.99. The van der Waals surface area contributed by atoms with Crippen molar-refractivity contribution in [3.63, 3.8) is 0 Å². The van der Waals surface area contributed by atoms with Gasteiger partial charge in [-0.2, -0.15) is 5.26 Å². The van der Waals surface area contributed by atoms with Crippen molar-refractivity contribution >= 4 is 17.6 Å². The van der Waals surface area contributed by atoms with Crippen LogP contribution in [0.4, 0.5) is 5.82 Å². The molecule has 0 aromatic carbocycles. The maximum absolute atomic E-state index is 9.03. The summed E-state index contributed by atoms with van der Waals surface area (Å²) in [5.74, 6) is 0.918. The topological polar surface area (TPSA) is 91.2 Å². The average molecular weight is 346 g/mol. The number of nitrogens with two attached hydrogens (primary N) is 1. The van der Waals surface area contributed by atoms with Gasteiger partial charge in [-0.1, -0.05) is 0 Å². The molecular formula is C20H22N6. The van der Waals surface area contributed by atoms with Gasteiger partial charge in [0.2, 0.25) is 0 Å².